The highest BCUT2D eigenvalue weighted by Gasteiger charge is 2.28. The second-order valence-electron chi connectivity index (χ2n) is 5.38. The number of anilines is 1. The van der Waals surface area contributed by atoms with Gasteiger partial charge < -0.3 is 9.53 Å². The molecule has 112 valence electrons. The highest BCUT2D eigenvalue weighted by Crippen LogP contribution is 2.29. The molecule has 0 fully saturated rings. The van der Waals surface area contributed by atoms with E-state index in [1.54, 1.807) is 4.90 Å². The third kappa shape index (κ3) is 3.01. The average molecular weight is 295 g/mol. The van der Waals surface area contributed by atoms with Gasteiger partial charge in [-0.2, -0.15) is 0 Å². The van der Waals surface area contributed by atoms with Gasteiger partial charge in [0, 0.05) is 12.5 Å². The fraction of sp³-hybridized carbons (Fsp3) is 0.222. The SMILES string of the molecule is O=C[C@H]1Cc2ccccc2N(C(=O)OCc2ccccc2)C1. The molecule has 2 aromatic rings. The van der Waals surface area contributed by atoms with E-state index in [1.807, 2.05) is 54.6 Å². The Labute approximate surface area is 129 Å². The Kier molecular flexibility index (Phi) is 4.19. The standard InChI is InChI=1S/C18H17NO3/c20-12-15-10-16-8-4-5-9-17(16)19(11-15)18(21)22-13-14-6-2-1-3-7-14/h1-9,12,15H,10-11,13H2/t15-/m0/s1. The lowest BCUT2D eigenvalue weighted by Gasteiger charge is -2.31. The average Bonchev–Trinajstić information content (AvgIpc) is 2.59. The van der Waals surface area contributed by atoms with E-state index in [0.717, 1.165) is 23.1 Å². The Balaban J connectivity index is 1.75. The zero-order valence-corrected chi connectivity index (χ0v) is 12.1. The summed E-state index contributed by atoms with van der Waals surface area (Å²) in [5.41, 5.74) is 2.77. The Morgan fingerprint density at radius 1 is 1.14 bits per heavy atom. The van der Waals surface area contributed by atoms with Crippen molar-refractivity contribution in [3.8, 4) is 0 Å². The maximum Gasteiger partial charge on any atom is 0.414 e. The molecule has 0 radical (unpaired) electrons. The number of hydrogen-bond donors (Lipinski definition) is 0. The largest absolute Gasteiger partial charge is 0.444 e. The number of aldehydes is 1. The lowest BCUT2D eigenvalue weighted by Crippen LogP contribution is -2.40. The fourth-order valence-electron chi connectivity index (χ4n) is 2.69. The minimum atomic E-state index is -0.414. The molecular formula is C18H17NO3. The molecular weight excluding hydrogens is 278 g/mol. The van der Waals surface area contributed by atoms with Gasteiger partial charge in [0.1, 0.15) is 12.9 Å². The van der Waals surface area contributed by atoms with E-state index >= 15 is 0 Å². The topological polar surface area (TPSA) is 46.6 Å². The maximum atomic E-state index is 12.4. The van der Waals surface area contributed by atoms with Crippen LogP contribution in [0, 0.1) is 5.92 Å². The van der Waals surface area contributed by atoms with Crippen LogP contribution in [0.3, 0.4) is 0 Å². The third-order valence-electron chi connectivity index (χ3n) is 3.80. The molecule has 0 saturated carbocycles. The predicted octanol–water partition coefficient (Wildman–Crippen LogP) is 3.20. The molecule has 3 rings (SSSR count). The van der Waals surface area contributed by atoms with Crippen LogP contribution in [-0.4, -0.2) is 18.9 Å². The van der Waals surface area contributed by atoms with Crippen LogP contribution >= 0.6 is 0 Å². The highest BCUT2D eigenvalue weighted by atomic mass is 16.6. The van der Waals surface area contributed by atoms with Crippen LogP contribution in [0.1, 0.15) is 11.1 Å². The summed E-state index contributed by atoms with van der Waals surface area (Å²) in [5, 5.41) is 0. The molecule has 0 saturated heterocycles. The van der Waals surface area contributed by atoms with Crippen molar-refractivity contribution in [3.05, 3.63) is 65.7 Å². The van der Waals surface area contributed by atoms with Crippen LogP contribution in [0.4, 0.5) is 10.5 Å². The van der Waals surface area contributed by atoms with Crippen LogP contribution < -0.4 is 4.90 Å². The molecule has 0 unspecified atom stereocenters. The first kappa shape index (κ1) is 14.3. The van der Waals surface area contributed by atoms with Gasteiger partial charge in [0.05, 0.1) is 5.69 Å². The second kappa shape index (κ2) is 6.43. The van der Waals surface area contributed by atoms with E-state index in [9.17, 15) is 9.59 Å². The number of amides is 1. The van der Waals surface area contributed by atoms with E-state index < -0.39 is 6.09 Å². The minimum absolute atomic E-state index is 0.181. The van der Waals surface area contributed by atoms with Crippen molar-refractivity contribution in [1.29, 1.82) is 0 Å². The maximum absolute atomic E-state index is 12.4. The van der Waals surface area contributed by atoms with Crippen molar-refractivity contribution in [2.24, 2.45) is 5.92 Å². The zero-order chi connectivity index (χ0) is 15.4. The molecule has 0 N–H and O–H groups in total. The van der Waals surface area contributed by atoms with Crippen molar-refractivity contribution in [3.63, 3.8) is 0 Å². The van der Waals surface area contributed by atoms with Crippen LogP contribution in [0.25, 0.3) is 0 Å². The molecule has 1 atom stereocenters. The number of carbonyl (C=O) groups is 2. The number of rotatable bonds is 3. The molecule has 1 aliphatic rings. The van der Waals surface area contributed by atoms with Crippen molar-refractivity contribution in [1.82, 2.24) is 0 Å². The van der Waals surface area contributed by atoms with E-state index in [4.69, 9.17) is 4.74 Å². The number of ether oxygens (including phenoxy) is 1. The lowest BCUT2D eigenvalue weighted by atomic mass is 9.94. The van der Waals surface area contributed by atoms with Crippen LogP contribution in [-0.2, 0) is 22.6 Å². The van der Waals surface area contributed by atoms with Gasteiger partial charge in [-0.3, -0.25) is 4.90 Å². The van der Waals surface area contributed by atoms with Gasteiger partial charge in [-0.1, -0.05) is 48.5 Å². The van der Waals surface area contributed by atoms with Gasteiger partial charge in [-0.15, -0.1) is 0 Å². The van der Waals surface area contributed by atoms with E-state index in [-0.39, 0.29) is 12.5 Å². The normalized spacial score (nSPS) is 16.7. The Morgan fingerprint density at radius 2 is 1.86 bits per heavy atom. The van der Waals surface area contributed by atoms with E-state index in [0.29, 0.717) is 13.0 Å². The monoisotopic (exact) mass is 295 g/mol. The first-order valence-electron chi connectivity index (χ1n) is 7.29. The molecule has 0 bridgehead atoms. The quantitative estimate of drug-likeness (QED) is 0.817. The molecule has 4 nitrogen and oxygen atoms in total. The van der Waals surface area contributed by atoms with Gasteiger partial charge in [0.25, 0.3) is 0 Å². The van der Waals surface area contributed by atoms with Crippen LogP contribution in [0.15, 0.2) is 54.6 Å². The van der Waals surface area contributed by atoms with E-state index in [1.165, 1.54) is 0 Å². The number of fused-ring (bicyclic) bond motifs is 1. The van der Waals surface area contributed by atoms with Crippen molar-refractivity contribution < 1.29 is 14.3 Å². The zero-order valence-electron chi connectivity index (χ0n) is 12.1. The van der Waals surface area contributed by atoms with E-state index in [2.05, 4.69) is 0 Å². The Morgan fingerprint density at radius 3 is 2.64 bits per heavy atom. The molecule has 0 spiro atoms. The first-order valence-corrected chi connectivity index (χ1v) is 7.29. The summed E-state index contributed by atoms with van der Waals surface area (Å²) in [6.45, 7) is 0.595. The van der Waals surface area contributed by atoms with Crippen molar-refractivity contribution >= 4 is 18.1 Å². The smallest absolute Gasteiger partial charge is 0.414 e. The van der Waals surface area contributed by atoms with Gasteiger partial charge in [0.2, 0.25) is 0 Å². The van der Waals surface area contributed by atoms with Gasteiger partial charge >= 0.3 is 6.09 Å². The molecule has 0 aromatic heterocycles. The third-order valence-corrected chi connectivity index (χ3v) is 3.80. The summed E-state index contributed by atoms with van der Waals surface area (Å²) in [4.78, 5) is 25.1. The summed E-state index contributed by atoms with van der Waals surface area (Å²) in [5.74, 6) is -0.181. The summed E-state index contributed by atoms with van der Waals surface area (Å²) in [6.07, 6.45) is 1.16. The predicted molar refractivity (Wildman–Crippen MR) is 83.7 cm³/mol. The summed E-state index contributed by atoms with van der Waals surface area (Å²) in [6, 6.07) is 17.2. The Hall–Kier alpha value is -2.62. The lowest BCUT2D eigenvalue weighted by molar-refractivity contribution is -0.110. The van der Waals surface area contributed by atoms with Crippen molar-refractivity contribution in [2.45, 2.75) is 13.0 Å². The molecule has 0 aliphatic carbocycles. The molecule has 4 heteroatoms. The summed E-state index contributed by atoms with van der Waals surface area (Å²) < 4.78 is 5.39. The second-order valence-corrected chi connectivity index (χ2v) is 5.38. The number of carbonyl (C=O) groups excluding carboxylic acids is 2. The van der Waals surface area contributed by atoms with Crippen LogP contribution in [0.2, 0.25) is 0 Å². The summed E-state index contributed by atoms with van der Waals surface area (Å²) in [7, 11) is 0. The van der Waals surface area contributed by atoms with Gasteiger partial charge in [-0.05, 0) is 23.6 Å². The number of nitrogens with zero attached hydrogens (tertiary/aromatic N) is 1. The molecule has 1 amide bonds. The molecule has 22 heavy (non-hydrogen) atoms. The molecule has 2 aromatic carbocycles. The van der Waals surface area contributed by atoms with Gasteiger partial charge in [-0.25, -0.2) is 4.79 Å². The number of hydrogen-bond acceptors (Lipinski definition) is 3. The first-order chi connectivity index (χ1) is 10.8. The highest BCUT2D eigenvalue weighted by molar-refractivity contribution is 5.90. The fourth-order valence-corrected chi connectivity index (χ4v) is 2.69. The number of para-hydroxylation sites is 1. The van der Waals surface area contributed by atoms with Gasteiger partial charge in [0.15, 0.2) is 0 Å². The molecule has 1 aliphatic heterocycles. The summed E-state index contributed by atoms with van der Waals surface area (Å²) >= 11 is 0. The Bertz CT molecular complexity index is 669. The minimum Gasteiger partial charge on any atom is -0.444 e. The van der Waals surface area contributed by atoms with Crippen LogP contribution in [0.5, 0.6) is 0 Å². The van der Waals surface area contributed by atoms with Crippen molar-refractivity contribution in [2.75, 3.05) is 11.4 Å². The molecule has 1 heterocycles. The number of benzene rings is 2.